The minimum absolute atomic E-state index is 0. The molecule has 0 amide bonds. The third-order valence-corrected chi connectivity index (χ3v) is 3.93. The molecule has 25 heavy (non-hydrogen) atoms. The van der Waals surface area contributed by atoms with Crippen LogP contribution in [0.5, 0.6) is 0 Å². The first-order valence-electron chi connectivity index (χ1n) is 8.25. The minimum atomic E-state index is 0. The average Bonchev–Trinajstić information content (AvgIpc) is 3.04. The maximum Gasteiger partial charge on any atom is 0.240 e. The van der Waals surface area contributed by atoms with Crippen LogP contribution in [0.1, 0.15) is 31.1 Å². The average molecular weight is 390 g/mol. The number of nitrogens with two attached hydrogens (primary N) is 1. The standard InChI is InChI=1S/C17H27N5O.2ClH/c1-3-21(4-2)10-11-22(13-15-8-6-5-7-9-15)14-16-19-17(12-18)23-20-16;;/h5-9H,3-4,10-14,18H2,1-2H3;2*1H. The van der Waals surface area contributed by atoms with E-state index in [1.54, 1.807) is 0 Å². The number of benzene rings is 1. The van der Waals surface area contributed by atoms with E-state index in [-0.39, 0.29) is 31.4 Å². The van der Waals surface area contributed by atoms with Gasteiger partial charge >= 0.3 is 0 Å². The van der Waals surface area contributed by atoms with Gasteiger partial charge in [-0.1, -0.05) is 49.3 Å². The van der Waals surface area contributed by atoms with Gasteiger partial charge < -0.3 is 15.2 Å². The summed E-state index contributed by atoms with van der Waals surface area (Å²) >= 11 is 0. The van der Waals surface area contributed by atoms with E-state index in [1.807, 2.05) is 6.07 Å². The second-order valence-electron chi connectivity index (χ2n) is 5.53. The van der Waals surface area contributed by atoms with Gasteiger partial charge in [-0.15, -0.1) is 24.8 Å². The second-order valence-corrected chi connectivity index (χ2v) is 5.53. The van der Waals surface area contributed by atoms with E-state index in [9.17, 15) is 0 Å². The van der Waals surface area contributed by atoms with E-state index in [2.05, 4.69) is 58.1 Å². The Bertz CT molecular complexity index is 563. The number of aromatic nitrogens is 2. The fraction of sp³-hybridized carbons (Fsp3) is 0.529. The van der Waals surface area contributed by atoms with Gasteiger partial charge in [0, 0.05) is 19.6 Å². The third-order valence-electron chi connectivity index (χ3n) is 3.93. The van der Waals surface area contributed by atoms with E-state index in [4.69, 9.17) is 10.3 Å². The van der Waals surface area contributed by atoms with Crippen molar-refractivity contribution in [3.63, 3.8) is 0 Å². The van der Waals surface area contributed by atoms with Crippen LogP contribution in [0.25, 0.3) is 0 Å². The molecule has 142 valence electrons. The Morgan fingerprint density at radius 2 is 1.60 bits per heavy atom. The molecule has 2 aromatic rings. The van der Waals surface area contributed by atoms with Gasteiger partial charge in [0.15, 0.2) is 5.82 Å². The number of rotatable bonds is 10. The Hall–Kier alpha value is -1.18. The maximum absolute atomic E-state index is 5.54. The van der Waals surface area contributed by atoms with Crippen LogP contribution in [-0.4, -0.2) is 46.1 Å². The van der Waals surface area contributed by atoms with E-state index >= 15 is 0 Å². The monoisotopic (exact) mass is 389 g/mol. The lowest BCUT2D eigenvalue weighted by molar-refractivity contribution is 0.197. The molecule has 0 radical (unpaired) electrons. The lowest BCUT2D eigenvalue weighted by atomic mass is 10.2. The highest BCUT2D eigenvalue weighted by Gasteiger charge is 2.13. The summed E-state index contributed by atoms with van der Waals surface area (Å²) in [5, 5.41) is 4.01. The van der Waals surface area contributed by atoms with Crippen LogP contribution in [0.4, 0.5) is 0 Å². The molecule has 1 aromatic carbocycles. The normalized spacial score (nSPS) is 10.6. The Morgan fingerprint density at radius 3 is 2.16 bits per heavy atom. The predicted octanol–water partition coefficient (Wildman–Crippen LogP) is 2.72. The van der Waals surface area contributed by atoms with Crippen molar-refractivity contribution in [2.24, 2.45) is 5.73 Å². The molecule has 0 aliphatic heterocycles. The van der Waals surface area contributed by atoms with Crippen molar-refractivity contribution in [1.29, 1.82) is 0 Å². The summed E-state index contributed by atoms with van der Waals surface area (Å²) in [6.07, 6.45) is 0. The van der Waals surface area contributed by atoms with Gasteiger partial charge in [-0.25, -0.2) is 0 Å². The zero-order valence-electron chi connectivity index (χ0n) is 14.9. The summed E-state index contributed by atoms with van der Waals surface area (Å²) in [6, 6.07) is 10.5. The number of hydrogen-bond donors (Lipinski definition) is 1. The molecule has 0 fully saturated rings. The van der Waals surface area contributed by atoms with Crippen LogP contribution in [0.2, 0.25) is 0 Å². The van der Waals surface area contributed by atoms with Crippen molar-refractivity contribution in [1.82, 2.24) is 19.9 Å². The first-order chi connectivity index (χ1) is 11.2. The van der Waals surface area contributed by atoms with Crippen molar-refractivity contribution in [3.05, 3.63) is 47.6 Å². The van der Waals surface area contributed by atoms with Crippen molar-refractivity contribution in [2.75, 3.05) is 26.2 Å². The van der Waals surface area contributed by atoms with E-state index in [0.29, 0.717) is 18.3 Å². The van der Waals surface area contributed by atoms with Crippen molar-refractivity contribution >= 4 is 24.8 Å². The summed E-state index contributed by atoms with van der Waals surface area (Å²) in [6.45, 7) is 10.3. The summed E-state index contributed by atoms with van der Waals surface area (Å²) in [5.74, 6) is 1.18. The number of nitrogens with zero attached hydrogens (tertiary/aromatic N) is 4. The van der Waals surface area contributed by atoms with E-state index < -0.39 is 0 Å². The van der Waals surface area contributed by atoms with Crippen LogP contribution >= 0.6 is 24.8 Å². The molecule has 1 aromatic heterocycles. The largest absolute Gasteiger partial charge is 0.338 e. The van der Waals surface area contributed by atoms with Gasteiger partial charge in [0.05, 0.1) is 13.1 Å². The number of hydrogen-bond acceptors (Lipinski definition) is 6. The fourth-order valence-corrected chi connectivity index (χ4v) is 2.52. The van der Waals surface area contributed by atoms with Crippen LogP contribution in [-0.2, 0) is 19.6 Å². The van der Waals surface area contributed by atoms with Gasteiger partial charge in [-0.05, 0) is 18.7 Å². The molecule has 0 saturated heterocycles. The summed E-state index contributed by atoms with van der Waals surface area (Å²) in [7, 11) is 0. The van der Waals surface area contributed by atoms with Crippen LogP contribution in [0.3, 0.4) is 0 Å². The molecule has 0 unspecified atom stereocenters. The third kappa shape index (κ3) is 8.16. The molecule has 6 nitrogen and oxygen atoms in total. The van der Waals surface area contributed by atoms with Crippen molar-refractivity contribution < 1.29 is 4.52 Å². The Kier molecular flexibility index (Phi) is 12.5. The summed E-state index contributed by atoms with van der Waals surface area (Å²) in [4.78, 5) is 9.08. The van der Waals surface area contributed by atoms with Gasteiger partial charge in [-0.3, -0.25) is 4.90 Å². The Morgan fingerprint density at radius 1 is 0.960 bits per heavy atom. The molecule has 0 aliphatic rings. The van der Waals surface area contributed by atoms with Crippen LogP contribution in [0, 0.1) is 0 Å². The highest BCUT2D eigenvalue weighted by atomic mass is 35.5. The maximum atomic E-state index is 5.54. The van der Waals surface area contributed by atoms with Gasteiger partial charge in [0.1, 0.15) is 0 Å². The quantitative estimate of drug-likeness (QED) is 0.673. The Balaban J connectivity index is 0.00000288. The van der Waals surface area contributed by atoms with Crippen LogP contribution < -0.4 is 5.73 Å². The lowest BCUT2D eigenvalue weighted by Gasteiger charge is -2.25. The topological polar surface area (TPSA) is 71.4 Å². The minimum Gasteiger partial charge on any atom is -0.338 e. The van der Waals surface area contributed by atoms with Gasteiger partial charge in [0.2, 0.25) is 5.89 Å². The lowest BCUT2D eigenvalue weighted by Crippen LogP contribution is -2.34. The first kappa shape index (κ1) is 23.8. The molecule has 2 rings (SSSR count). The molecule has 0 spiro atoms. The fourth-order valence-electron chi connectivity index (χ4n) is 2.52. The number of halogens is 2. The second kappa shape index (κ2) is 13.1. The molecular formula is C17H29Cl2N5O. The molecule has 0 saturated carbocycles. The molecule has 8 heteroatoms. The molecule has 1 heterocycles. The zero-order chi connectivity index (χ0) is 16.5. The van der Waals surface area contributed by atoms with Gasteiger partial charge in [-0.2, -0.15) is 4.98 Å². The van der Waals surface area contributed by atoms with E-state index in [1.165, 1.54) is 5.56 Å². The van der Waals surface area contributed by atoms with Crippen molar-refractivity contribution in [2.45, 2.75) is 33.5 Å². The van der Waals surface area contributed by atoms with Gasteiger partial charge in [0.25, 0.3) is 0 Å². The number of likely N-dealkylation sites (N-methyl/N-ethyl adjacent to an activating group) is 1. The summed E-state index contributed by atoms with van der Waals surface area (Å²) in [5.41, 5.74) is 6.82. The van der Waals surface area contributed by atoms with E-state index in [0.717, 1.165) is 32.7 Å². The first-order valence-corrected chi connectivity index (χ1v) is 8.25. The molecule has 2 N–H and O–H groups in total. The van der Waals surface area contributed by atoms with Crippen LogP contribution in [0.15, 0.2) is 34.9 Å². The Labute approximate surface area is 162 Å². The SMILES string of the molecule is CCN(CC)CCN(Cc1ccccc1)Cc1noc(CN)n1.Cl.Cl. The predicted molar refractivity (Wildman–Crippen MR) is 105 cm³/mol. The molecule has 0 bridgehead atoms. The zero-order valence-corrected chi connectivity index (χ0v) is 16.6. The highest BCUT2D eigenvalue weighted by molar-refractivity contribution is 5.85. The highest BCUT2D eigenvalue weighted by Crippen LogP contribution is 2.09. The smallest absolute Gasteiger partial charge is 0.240 e. The summed E-state index contributed by atoms with van der Waals surface area (Å²) < 4.78 is 5.11. The molecule has 0 aliphatic carbocycles. The molecular weight excluding hydrogens is 361 g/mol. The van der Waals surface area contributed by atoms with Crippen molar-refractivity contribution in [3.8, 4) is 0 Å². The molecule has 0 atom stereocenters.